The monoisotopic (exact) mass is 171 g/mol. The fourth-order valence-corrected chi connectivity index (χ4v) is 0.827. The lowest BCUT2D eigenvalue weighted by molar-refractivity contribution is 0.249. The van der Waals surface area contributed by atoms with Gasteiger partial charge in [0.25, 0.3) is 5.56 Å². The molecule has 1 heterocycles. The quantitative estimate of drug-likeness (QED) is 0.546. The number of hydrogen-bond donors (Lipinski definition) is 2. The lowest BCUT2D eigenvalue weighted by atomic mass is 10.2. The summed E-state index contributed by atoms with van der Waals surface area (Å²) in [5, 5.41) is 24.4. The summed E-state index contributed by atoms with van der Waals surface area (Å²) in [6, 6.07) is 0. The topological polar surface area (TPSA) is 88.2 Å². The zero-order valence-corrected chi connectivity index (χ0v) is 6.56. The van der Waals surface area contributed by atoms with E-state index in [1.54, 1.807) is 0 Å². The molecular formula is C6H9N3O3. The highest BCUT2D eigenvalue weighted by Crippen LogP contribution is 1.96. The number of nitrogens with zero attached hydrogens (tertiary/aromatic N) is 3. The van der Waals surface area contributed by atoms with Crippen molar-refractivity contribution in [3.8, 4) is 0 Å². The average molecular weight is 171 g/mol. The molecule has 2 N–H and O–H groups in total. The van der Waals surface area contributed by atoms with Gasteiger partial charge in [0.15, 0.2) is 0 Å². The SMILES string of the molecule is Cn1nnc(CO)c(CO)c1=O. The van der Waals surface area contributed by atoms with Crippen molar-refractivity contribution in [2.75, 3.05) is 0 Å². The van der Waals surface area contributed by atoms with Gasteiger partial charge in [-0.3, -0.25) is 4.79 Å². The first-order valence-electron chi connectivity index (χ1n) is 3.34. The van der Waals surface area contributed by atoms with Gasteiger partial charge < -0.3 is 10.2 Å². The molecule has 0 saturated heterocycles. The third kappa shape index (κ3) is 1.34. The minimum absolute atomic E-state index is 0.0926. The van der Waals surface area contributed by atoms with E-state index in [0.717, 1.165) is 4.68 Å². The standard InChI is InChI=1S/C6H9N3O3/c1-9-6(12)4(2-10)5(3-11)7-8-9/h10-11H,2-3H2,1H3. The van der Waals surface area contributed by atoms with E-state index < -0.39 is 12.2 Å². The number of aryl methyl sites for hydroxylation is 1. The van der Waals surface area contributed by atoms with Gasteiger partial charge in [-0.25, -0.2) is 4.68 Å². The van der Waals surface area contributed by atoms with Crippen molar-refractivity contribution < 1.29 is 10.2 Å². The molecule has 1 aromatic heterocycles. The van der Waals surface area contributed by atoms with Crippen molar-refractivity contribution >= 4 is 0 Å². The van der Waals surface area contributed by atoms with Crippen LogP contribution in [0.2, 0.25) is 0 Å². The molecule has 0 unspecified atom stereocenters. The molecule has 12 heavy (non-hydrogen) atoms. The Morgan fingerprint density at radius 1 is 1.42 bits per heavy atom. The summed E-state index contributed by atoms with van der Waals surface area (Å²) < 4.78 is 1.00. The van der Waals surface area contributed by atoms with Crippen LogP contribution in [0.1, 0.15) is 11.3 Å². The molecule has 0 aromatic carbocycles. The molecule has 66 valence electrons. The zero-order valence-electron chi connectivity index (χ0n) is 6.56. The van der Waals surface area contributed by atoms with Crippen LogP contribution in [0.25, 0.3) is 0 Å². The van der Waals surface area contributed by atoms with Crippen LogP contribution in [0.15, 0.2) is 4.79 Å². The molecule has 6 heteroatoms. The number of rotatable bonds is 2. The molecule has 0 atom stereocenters. The summed E-state index contributed by atoms with van der Waals surface area (Å²) in [7, 11) is 1.43. The second-order valence-electron chi connectivity index (χ2n) is 2.26. The average Bonchev–Trinajstić information content (AvgIpc) is 2.09. The fourth-order valence-electron chi connectivity index (χ4n) is 0.827. The van der Waals surface area contributed by atoms with E-state index in [4.69, 9.17) is 10.2 Å². The molecule has 0 aliphatic rings. The highest BCUT2D eigenvalue weighted by molar-refractivity contribution is 5.12. The van der Waals surface area contributed by atoms with Gasteiger partial charge in [0, 0.05) is 7.05 Å². The van der Waals surface area contributed by atoms with E-state index in [0.29, 0.717) is 0 Å². The fraction of sp³-hybridized carbons (Fsp3) is 0.500. The van der Waals surface area contributed by atoms with E-state index in [1.807, 2.05) is 0 Å². The van der Waals surface area contributed by atoms with E-state index in [-0.39, 0.29) is 17.9 Å². The first kappa shape index (κ1) is 8.82. The molecule has 0 aliphatic carbocycles. The Morgan fingerprint density at radius 3 is 2.58 bits per heavy atom. The molecular weight excluding hydrogens is 162 g/mol. The van der Waals surface area contributed by atoms with Crippen molar-refractivity contribution in [2.45, 2.75) is 13.2 Å². The predicted octanol–water partition coefficient (Wildman–Crippen LogP) is -1.84. The Kier molecular flexibility index (Phi) is 2.51. The second-order valence-corrected chi connectivity index (χ2v) is 2.26. The smallest absolute Gasteiger partial charge is 0.275 e. The number of aliphatic hydroxyl groups is 2. The molecule has 6 nitrogen and oxygen atoms in total. The molecule has 0 spiro atoms. The number of aliphatic hydroxyl groups excluding tert-OH is 2. The number of aromatic nitrogens is 3. The van der Waals surface area contributed by atoms with Crippen LogP contribution in [0.4, 0.5) is 0 Å². The van der Waals surface area contributed by atoms with Crippen molar-refractivity contribution in [3.05, 3.63) is 21.6 Å². The Balaban J connectivity index is 3.36. The normalized spacial score (nSPS) is 10.2. The molecule has 1 rings (SSSR count). The summed E-state index contributed by atoms with van der Waals surface area (Å²) in [5.41, 5.74) is -0.216. The maximum atomic E-state index is 11.2. The first-order valence-corrected chi connectivity index (χ1v) is 3.34. The Labute approximate surface area is 68.1 Å². The maximum Gasteiger partial charge on any atom is 0.275 e. The minimum Gasteiger partial charge on any atom is -0.391 e. The van der Waals surface area contributed by atoms with Gasteiger partial charge in [-0.2, -0.15) is 0 Å². The predicted molar refractivity (Wildman–Crippen MR) is 39.1 cm³/mol. The van der Waals surface area contributed by atoms with E-state index >= 15 is 0 Å². The maximum absolute atomic E-state index is 11.2. The molecule has 0 fully saturated rings. The van der Waals surface area contributed by atoms with Crippen LogP contribution in [0.3, 0.4) is 0 Å². The summed E-state index contributed by atoms with van der Waals surface area (Å²) in [6.45, 7) is -0.822. The van der Waals surface area contributed by atoms with Gasteiger partial charge in [-0.05, 0) is 0 Å². The van der Waals surface area contributed by atoms with Crippen LogP contribution in [-0.2, 0) is 20.3 Å². The Bertz CT molecular complexity index is 333. The number of hydrogen-bond acceptors (Lipinski definition) is 5. The van der Waals surface area contributed by atoms with E-state index in [9.17, 15) is 4.79 Å². The van der Waals surface area contributed by atoms with Gasteiger partial charge in [0.05, 0.1) is 18.8 Å². The third-order valence-electron chi connectivity index (χ3n) is 1.51. The van der Waals surface area contributed by atoms with Crippen LogP contribution >= 0.6 is 0 Å². The van der Waals surface area contributed by atoms with Crippen LogP contribution in [0, 0.1) is 0 Å². The summed E-state index contributed by atoms with van der Waals surface area (Å²) >= 11 is 0. The third-order valence-corrected chi connectivity index (χ3v) is 1.51. The van der Waals surface area contributed by atoms with Crippen molar-refractivity contribution in [3.63, 3.8) is 0 Å². The molecule has 0 aliphatic heterocycles. The molecule has 1 aromatic rings. The highest BCUT2D eigenvalue weighted by Gasteiger charge is 2.08. The summed E-state index contributed by atoms with van der Waals surface area (Å²) in [6.07, 6.45) is 0. The molecule has 0 radical (unpaired) electrons. The van der Waals surface area contributed by atoms with Crippen LogP contribution in [0.5, 0.6) is 0 Å². The summed E-state index contributed by atoms with van der Waals surface area (Å²) in [5.74, 6) is 0. The van der Waals surface area contributed by atoms with E-state index in [2.05, 4.69) is 10.3 Å². The molecule has 0 amide bonds. The van der Waals surface area contributed by atoms with Gasteiger partial charge >= 0.3 is 0 Å². The van der Waals surface area contributed by atoms with Crippen LogP contribution in [-0.4, -0.2) is 25.2 Å². The Morgan fingerprint density at radius 2 is 2.08 bits per heavy atom. The Hall–Kier alpha value is -1.27. The van der Waals surface area contributed by atoms with E-state index in [1.165, 1.54) is 7.05 Å². The lowest BCUT2D eigenvalue weighted by Crippen LogP contribution is -2.27. The van der Waals surface area contributed by atoms with Gasteiger partial charge in [-0.15, -0.1) is 5.10 Å². The largest absolute Gasteiger partial charge is 0.391 e. The lowest BCUT2D eigenvalue weighted by Gasteiger charge is -2.02. The van der Waals surface area contributed by atoms with Crippen molar-refractivity contribution in [1.29, 1.82) is 0 Å². The minimum atomic E-state index is -0.434. The molecule has 0 saturated carbocycles. The zero-order chi connectivity index (χ0) is 9.14. The van der Waals surface area contributed by atoms with Gasteiger partial charge in [0.2, 0.25) is 0 Å². The van der Waals surface area contributed by atoms with Gasteiger partial charge in [-0.1, -0.05) is 5.21 Å². The van der Waals surface area contributed by atoms with Crippen LogP contribution < -0.4 is 5.56 Å². The molecule has 0 bridgehead atoms. The first-order chi connectivity index (χ1) is 5.70. The van der Waals surface area contributed by atoms with Gasteiger partial charge in [0.1, 0.15) is 5.69 Å². The highest BCUT2D eigenvalue weighted by atomic mass is 16.3. The second kappa shape index (κ2) is 3.42. The van der Waals surface area contributed by atoms with Crippen molar-refractivity contribution in [1.82, 2.24) is 15.0 Å². The van der Waals surface area contributed by atoms with Crippen molar-refractivity contribution in [2.24, 2.45) is 7.05 Å². The summed E-state index contributed by atoms with van der Waals surface area (Å²) in [4.78, 5) is 11.2.